The number of nitrogens with one attached hydrogen (secondary N) is 1. The van der Waals surface area contributed by atoms with E-state index in [4.69, 9.17) is 4.42 Å². The molecule has 0 saturated carbocycles. The van der Waals surface area contributed by atoms with Crippen molar-refractivity contribution in [3.05, 3.63) is 54.0 Å². The van der Waals surface area contributed by atoms with Crippen LogP contribution in [0.2, 0.25) is 0 Å². The Morgan fingerprint density at radius 2 is 2.17 bits per heavy atom. The van der Waals surface area contributed by atoms with E-state index in [1.165, 1.54) is 12.3 Å². The lowest BCUT2D eigenvalue weighted by molar-refractivity contribution is 0.418. The second kappa shape index (κ2) is 5.78. The summed E-state index contributed by atoms with van der Waals surface area (Å²) in [5, 5.41) is 3.41. The van der Waals surface area contributed by atoms with Gasteiger partial charge in [-0.05, 0) is 24.3 Å². The zero-order valence-corrected chi connectivity index (χ0v) is 10.6. The van der Waals surface area contributed by atoms with Crippen LogP contribution in [0.5, 0.6) is 0 Å². The number of hydrogen-bond donors (Lipinski definition) is 1. The van der Waals surface area contributed by atoms with E-state index in [0.29, 0.717) is 12.5 Å². The third kappa shape index (κ3) is 3.40. The summed E-state index contributed by atoms with van der Waals surface area (Å²) < 4.78 is 18.2. The van der Waals surface area contributed by atoms with Gasteiger partial charge in [0.25, 0.3) is 0 Å². The quantitative estimate of drug-likeness (QED) is 0.883. The van der Waals surface area contributed by atoms with Gasteiger partial charge in [-0.25, -0.2) is 4.39 Å². The SMILES string of the molecule is CC(C)NC(Cc1ccco1)c1ccc(F)cn1. The number of nitrogens with zero attached hydrogens (tertiary/aromatic N) is 1. The van der Waals surface area contributed by atoms with Crippen molar-refractivity contribution in [2.75, 3.05) is 0 Å². The molecule has 0 aliphatic carbocycles. The third-order valence-corrected chi connectivity index (χ3v) is 2.63. The molecular formula is C14H17FN2O. The molecule has 0 aliphatic heterocycles. The Kier molecular flexibility index (Phi) is 4.10. The zero-order chi connectivity index (χ0) is 13.0. The van der Waals surface area contributed by atoms with Crippen molar-refractivity contribution in [3.63, 3.8) is 0 Å². The summed E-state index contributed by atoms with van der Waals surface area (Å²) in [7, 11) is 0. The molecule has 2 rings (SSSR count). The third-order valence-electron chi connectivity index (χ3n) is 2.63. The Morgan fingerprint density at radius 3 is 2.72 bits per heavy atom. The Hall–Kier alpha value is -1.68. The minimum Gasteiger partial charge on any atom is -0.469 e. The van der Waals surface area contributed by atoms with Crippen LogP contribution in [-0.2, 0) is 6.42 Å². The van der Waals surface area contributed by atoms with Crippen LogP contribution in [0.25, 0.3) is 0 Å². The fraction of sp³-hybridized carbons (Fsp3) is 0.357. The predicted molar refractivity (Wildman–Crippen MR) is 67.6 cm³/mol. The molecule has 0 aliphatic rings. The minimum atomic E-state index is -0.319. The van der Waals surface area contributed by atoms with Gasteiger partial charge in [0.1, 0.15) is 11.6 Å². The summed E-state index contributed by atoms with van der Waals surface area (Å²) >= 11 is 0. The van der Waals surface area contributed by atoms with Crippen LogP contribution < -0.4 is 5.32 Å². The van der Waals surface area contributed by atoms with Crippen LogP contribution in [0, 0.1) is 5.82 Å². The molecular weight excluding hydrogens is 231 g/mol. The second-order valence-electron chi connectivity index (χ2n) is 4.56. The van der Waals surface area contributed by atoms with Crippen molar-refractivity contribution in [2.45, 2.75) is 32.4 Å². The summed E-state index contributed by atoms with van der Waals surface area (Å²) in [5.74, 6) is 0.569. The largest absolute Gasteiger partial charge is 0.469 e. The summed E-state index contributed by atoms with van der Waals surface area (Å²) in [6.45, 7) is 4.14. The molecule has 0 aromatic carbocycles. The maximum atomic E-state index is 12.9. The first-order chi connectivity index (χ1) is 8.65. The average molecular weight is 248 g/mol. The molecule has 2 aromatic heterocycles. The fourth-order valence-electron chi connectivity index (χ4n) is 1.87. The molecule has 96 valence electrons. The number of halogens is 1. The standard InChI is InChI=1S/C14H17FN2O/c1-10(2)17-14(8-12-4-3-7-18-12)13-6-5-11(15)9-16-13/h3-7,9-10,14,17H,8H2,1-2H3. The number of hydrogen-bond acceptors (Lipinski definition) is 3. The van der Waals surface area contributed by atoms with Crippen molar-refractivity contribution < 1.29 is 8.81 Å². The molecule has 1 unspecified atom stereocenters. The van der Waals surface area contributed by atoms with Crippen LogP contribution >= 0.6 is 0 Å². The lowest BCUT2D eigenvalue weighted by Crippen LogP contribution is -2.30. The molecule has 0 spiro atoms. The van der Waals surface area contributed by atoms with E-state index in [9.17, 15) is 4.39 Å². The highest BCUT2D eigenvalue weighted by molar-refractivity contribution is 5.13. The fourth-order valence-corrected chi connectivity index (χ4v) is 1.87. The van der Waals surface area contributed by atoms with Gasteiger partial charge < -0.3 is 9.73 Å². The molecule has 1 atom stereocenters. The normalized spacial score (nSPS) is 12.9. The van der Waals surface area contributed by atoms with Gasteiger partial charge in [-0.1, -0.05) is 13.8 Å². The van der Waals surface area contributed by atoms with Gasteiger partial charge in [-0.3, -0.25) is 4.98 Å². The van der Waals surface area contributed by atoms with E-state index >= 15 is 0 Å². The number of aromatic nitrogens is 1. The molecule has 0 radical (unpaired) electrons. The Labute approximate surface area is 106 Å². The molecule has 4 heteroatoms. The Bertz CT molecular complexity index is 465. The summed E-state index contributed by atoms with van der Waals surface area (Å²) in [5.41, 5.74) is 0.821. The lowest BCUT2D eigenvalue weighted by Gasteiger charge is -2.19. The molecule has 2 aromatic rings. The topological polar surface area (TPSA) is 38.1 Å². The van der Waals surface area contributed by atoms with Crippen LogP contribution in [0.4, 0.5) is 4.39 Å². The van der Waals surface area contributed by atoms with Crippen LogP contribution in [0.3, 0.4) is 0 Å². The van der Waals surface area contributed by atoms with Crippen molar-refractivity contribution in [2.24, 2.45) is 0 Å². The number of pyridine rings is 1. The van der Waals surface area contributed by atoms with Crippen LogP contribution in [-0.4, -0.2) is 11.0 Å². The molecule has 18 heavy (non-hydrogen) atoms. The Morgan fingerprint density at radius 1 is 1.33 bits per heavy atom. The zero-order valence-electron chi connectivity index (χ0n) is 10.6. The molecule has 2 heterocycles. The van der Waals surface area contributed by atoms with E-state index in [0.717, 1.165) is 11.5 Å². The average Bonchev–Trinajstić information content (AvgIpc) is 2.81. The van der Waals surface area contributed by atoms with Crippen molar-refractivity contribution in [3.8, 4) is 0 Å². The smallest absolute Gasteiger partial charge is 0.141 e. The summed E-state index contributed by atoms with van der Waals surface area (Å²) in [6.07, 6.45) is 3.59. The van der Waals surface area contributed by atoms with Crippen molar-refractivity contribution in [1.82, 2.24) is 10.3 Å². The van der Waals surface area contributed by atoms with E-state index in [1.54, 1.807) is 12.3 Å². The van der Waals surface area contributed by atoms with Gasteiger partial charge >= 0.3 is 0 Å². The van der Waals surface area contributed by atoms with E-state index < -0.39 is 0 Å². The predicted octanol–water partition coefficient (Wildman–Crippen LogP) is 3.10. The van der Waals surface area contributed by atoms with Crippen molar-refractivity contribution in [1.29, 1.82) is 0 Å². The van der Waals surface area contributed by atoms with Gasteiger partial charge in [-0.15, -0.1) is 0 Å². The van der Waals surface area contributed by atoms with Crippen molar-refractivity contribution >= 4 is 0 Å². The molecule has 0 fully saturated rings. The van der Waals surface area contributed by atoms with Gasteiger partial charge in [0.2, 0.25) is 0 Å². The summed E-state index contributed by atoms with van der Waals surface area (Å²) in [6, 6.07) is 7.27. The highest BCUT2D eigenvalue weighted by Crippen LogP contribution is 2.18. The summed E-state index contributed by atoms with van der Waals surface area (Å²) in [4.78, 5) is 4.13. The van der Waals surface area contributed by atoms with E-state index in [1.807, 2.05) is 12.1 Å². The molecule has 1 N–H and O–H groups in total. The second-order valence-corrected chi connectivity index (χ2v) is 4.56. The van der Waals surface area contributed by atoms with E-state index in [2.05, 4.69) is 24.1 Å². The van der Waals surface area contributed by atoms with E-state index in [-0.39, 0.29) is 11.9 Å². The molecule has 3 nitrogen and oxygen atoms in total. The monoisotopic (exact) mass is 248 g/mol. The van der Waals surface area contributed by atoms with Crippen LogP contribution in [0.1, 0.15) is 31.3 Å². The van der Waals surface area contributed by atoms with Gasteiger partial charge in [0, 0.05) is 12.5 Å². The van der Waals surface area contributed by atoms with Gasteiger partial charge in [0.15, 0.2) is 0 Å². The molecule has 0 saturated heterocycles. The van der Waals surface area contributed by atoms with Gasteiger partial charge in [-0.2, -0.15) is 0 Å². The maximum Gasteiger partial charge on any atom is 0.141 e. The number of rotatable bonds is 5. The molecule has 0 amide bonds. The highest BCUT2D eigenvalue weighted by atomic mass is 19.1. The Balaban J connectivity index is 2.16. The van der Waals surface area contributed by atoms with Crippen LogP contribution in [0.15, 0.2) is 41.1 Å². The highest BCUT2D eigenvalue weighted by Gasteiger charge is 2.16. The lowest BCUT2D eigenvalue weighted by atomic mass is 10.1. The first kappa shape index (κ1) is 12.8. The maximum absolute atomic E-state index is 12.9. The minimum absolute atomic E-state index is 0.0248. The first-order valence-corrected chi connectivity index (χ1v) is 6.05. The first-order valence-electron chi connectivity index (χ1n) is 6.05. The molecule has 0 bridgehead atoms. The number of furan rings is 1. The van der Waals surface area contributed by atoms with Gasteiger partial charge in [0.05, 0.1) is 24.2 Å².